The zero-order valence-corrected chi connectivity index (χ0v) is 26.7. The van der Waals surface area contributed by atoms with E-state index >= 15 is 0 Å². The van der Waals surface area contributed by atoms with Crippen molar-refractivity contribution in [2.75, 3.05) is 12.4 Å². The fraction of sp³-hybridized carbons (Fsp3) is 0.276. The fourth-order valence-electron chi connectivity index (χ4n) is 4.80. The van der Waals surface area contributed by atoms with Gasteiger partial charge in [0.15, 0.2) is 0 Å². The Morgan fingerprint density at radius 2 is 1.62 bits per heavy atom. The number of carbonyl (C=O) groups is 1. The minimum absolute atomic E-state index is 0.157. The number of amides is 1. The fourth-order valence-corrected chi connectivity index (χ4v) is 6.61. The number of halogens is 3. The molecule has 0 spiro atoms. The van der Waals surface area contributed by atoms with E-state index in [1.54, 1.807) is 36.4 Å². The molecule has 42 heavy (non-hydrogen) atoms. The van der Waals surface area contributed by atoms with Crippen molar-refractivity contribution in [3.8, 4) is 0 Å². The molecule has 2 N–H and O–H groups in total. The molecule has 0 radical (unpaired) electrons. The molecule has 8 nitrogen and oxygen atoms in total. The van der Waals surface area contributed by atoms with Crippen LogP contribution in [0.5, 0.6) is 0 Å². The highest BCUT2D eigenvalue weighted by molar-refractivity contribution is 9.10. The van der Waals surface area contributed by atoms with Crippen LogP contribution >= 0.6 is 27.5 Å². The van der Waals surface area contributed by atoms with E-state index in [0.29, 0.717) is 21.1 Å². The second kappa shape index (κ2) is 10.8. The topological polar surface area (TPSA) is 97.0 Å². The van der Waals surface area contributed by atoms with Crippen molar-refractivity contribution >= 4 is 61.9 Å². The Morgan fingerprint density at radius 3 is 2.24 bits per heavy atom. The van der Waals surface area contributed by atoms with Crippen molar-refractivity contribution in [2.24, 2.45) is 0 Å². The molecule has 0 aromatic heterocycles. The first-order valence-electron chi connectivity index (χ1n) is 13.0. The van der Waals surface area contributed by atoms with Crippen LogP contribution in [0.15, 0.2) is 83.0 Å². The second-order valence-electron chi connectivity index (χ2n) is 11.2. The Kier molecular flexibility index (Phi) is 7.87. The summed E-state index contributed by atoms with van der Waals surface area (Å²) in [6.45, 7) is 7.81. The highest BCUT2D eigenvalue weighted by Gasteiger charge is 2.52. The van der Waals surface area contributed by atoms with Crippen LogP contribution in [-0.2, 0) is 29.9 Å². The number of anilines is 1. The van der Waals surface area contributed by atoms with Gasteiger partial charge in [-0.05, 0) is 80.7 Å². The van der Waals surface area contributed by atoms with Gasteiger partial charge in [0.25, 0.3) is 5.91 Å². The molecule has 2 heterocycles. The molecular formula is C29H29BBrClFN3O5S. The van der Waals surface area contributed by atoms with Crippen LogP contribution in [0.25, 0.3) is 0 Å². The van der Waals surface area contributed by atoms with Gasteiger partial charge in [0.1, 0.15) is 17.1 Å². The summed E-state index contributed by atoms with van der Waals surface area (Å²) in [6, 6.07) is 18.1. The van der Waals surface area contributed by atoms with E-state index in [1.807, 2.05) is 45.9 Å². The van der Waals surface area contributed by atoms with Crippen molar-refractivity contribution in [1.29, 1.82) is 0 Å². The monoisotopic (exact) mass is 675 g/mol. The summed E-state index contributed by atoms with van der Waals surface area (Å²) in [5, 5.41) is 2.45. The van der Waals surface area contributed by atoms with Gasteiger partial charge in [-0.3, -0.25) is 9.10 Å². The summed E-state index contributed by atoms with van der Waals surface area (Å²) in [4.78, 5) is 13.6. The van der Waals surface area contributed by atoms with E-state index in [1.165, 1.54) is 19.2 Å². The van der Waals surface area contributed by atoms with Gasteiger partial charge in [-0.25, -0.2) is 4.39 Å². The highest BCUT2D eigenvalue weighted by Crippen LogP contribution is 2.40. The van der Waals surface area contributed by atoms with Gasteiger partial charge in [0.05, 0.1) is 16.2 Å². The van der Waals surface area contributed by atoms with Gasteiger partial charge in [-0.15, -0.1) is 0 Å². The third-order valence-corrected chi connectivity index (χ3v) is 10.2. The van der Waals surface area contributed by atoms with Crippen LogP contribution in [0, 0.1) is 5.82 Å². The van der Waals surface area contributed by atoms with Crippen LogP contribution in [0.1, 0.15) is 38.8 Å². The Balaban J connectivity index is 1.67. The number of benzene rings is 3. The molecule has 0 aliphatic carbocycles. The third kappa shape index (κ3) is 5.52. The summed E-state index contributed by atoms with van der Waals surface area (Å²) in [6.07, 6.45) is 1.56. The second-order valence-corrected chi connectivity index (χ2v) is 14.2. The van der Waals surface area contributed by atoms with E-state index in [9.17, 15) is 17.6 Å². The first-order valence-corrected chi connectivity index (χ1v) is 15.6. The number of hydrogen-bond acceptors (Lipinski definition) is 5. The van der Waals surface area contributed by atoms with Gasteiger partial charge in [-0.1, -0.05) is 63.9 Å². The van der Waals surface area contributed by atoms with Crippen LogP contribution in [0.4, 0.5) is 10.1 Å². The lowest BCUT2D eigenvalue weighted by Gasteiger charge is -2.40. The maximum absolute atomic E-state index is 13.7. The Morgan fingerprint density at radius 1 is 1.00 bits per heavy atom. The number of likely N-dealkylation sites (N-methyl/N-ethyl adjacent to an activating group) is 1. The Bertz CT molecular complexity index is 1700. The van der Waals surface area contributed by atoms with Gasteiger partial charge < -0.3 is 14.6 Å². The van der Waals surface area contributed by atoms with Gasteiger partial charge in [-0.2, -0.15) is 13.1 Å². The normalized spacial score (nSPS) is 22.5. The molecule has 1 saturated heterocycles. The van der Waals surface area contributed by atoms with Crippen molar-refractivity contribution < 1.29 is 26.9 Å². The van der Waals surface area contributed by atoms with Gasteiger partial charge in [0.2, 0.25) is 0 Å². The quantitative estimate of drug-likeness (QED) is 0.368. The highest BCUT2D eigenvalue weighted by atomic mass is 79.9. The van der Waals surface area contributed by atoms with E-state index in [2.05, 4.69) is 26.0 Å². The number of carbonyl (C=O) groups excluding carboxylic acids is 1. The molecule has 220 valence electrons. The molecule has 2 aliphatic heterocycles. The van der Waals surface area contributed by atoms with Crippen molar-refractivity contribution in [1.82, 2.24) is 9.03 Å². The van der Waals surface area contributed by atoms with Crippen LogP contribution < -0.4 is 15.5 Å². The first-order chi connectivity index (χ1) is 19.5. The molecule has 3 aromatic rings. The number of nitrogens with zero attached hydrogens (tertiary/aromatic N) is 1. The summed E-state index contributed by atoms with van der Waals surface area (Å²) in [7, 11) is -3.68. The van der Waals surface area contributed by atoms with Crippen molar-refractivity contribution in [3.05, 3.63) is 105 Å². The predicted octanol–water partition coefficient (Wildman–Crippen LogP) is 5.09. The largest absolute Gasteiger partial charge is 0.494 e. The minimum atomic E-state index is -4.26. The van der Waals surface area contributed by atoms with Crippen LogP contribution in [0.3, 0.4) is 0 Å². The molecular weight excluding hydrogens is 648 g/mol. The predicted molar refractivity (Wildman–Crippen MR) is 165 cm³/mol. The molecule has 3 aromatic carbocycles. The Labute approximate surface area is 258 Å². The van der Waals surface area contributed by atoms with E-state index in [4.69, 9.17) is 20.9 Å². The maximum atomic E-state index is 13.7. The molecule has 5 rings (SSSR count). The molecule has 1 unspecified atom stereocenters. The van der Waals surface area contributed by atoms with Crippen LogP contribution in [0.2, 0.25) is 5.02 Å². The lowest BCUT2D eigenvalue weighted by Crippen LogP contribution is -2.56. The van der Waals surface area contributed by atoms with Gasteiger partial charge >= 0.3 is 17.3 Å². The van der Waals surface area contributed by atoms with E-state index in [0.717, 1.165) is 10.4 Å². The zero-order chi connectivity index (χ0) is 30.7. The Hall–Kier alpha value is -2.74. The summed E-state index contributed by atoms with van der Waals surface area (Å²) >= 11 is 9.39. The third-order valence-electron chi connectivity index (χ3n) is 7.90. The van der Waals surface area contributed by atoms with Crippen LogP contribution in [-0.4, -0.2) is 44.0 Å². The number of hydrogen-bond donors (Lipinski definition) is 2. The molecule has 2 aliphatic rings. The summed E-state index contributed by atoms with van der Waals surface area (Å²) in [5.41, 5.74) is -0.878. The summed E-state index contributed by atoms with van der Waals surface area (Å²) in [5.74, 6) is -1.38. The first kappa shape index (κ1) is 30.7. The minimum Gasteiger partial charge on any atom is -0.399 e. The zero-order valence-electron chi connectivity index (χ0n) is 23.5. The van der Waals surface area contributed by atoms with Crippen molar-refractivity contribution in [3.63, 3.8) is 0 Å². The molecule has 1 fully saturated rings. The SMILES string of the molecule is CN1C(C(=O)Nc2ccc(F)c(Cl)c2)=CC(c2cccc(Br)c2)(c2cccc(B3OC(C)(C)C(C)(C)O3)c2)NS1(=O)=O. The average Bonchev–Trinajstić information content (AvgIpc) is 3.14. The molecule has 13 heteroatoms. The molecule has 0 bridgehead atoms. The van der Waals surface area contributed by atoms with Gasteiger partial charge in [0, 0.05) is 17.2 Å². The smallest absolute Gasteiger partial charge is 0.399 e. The van der Waals surface area contributed by atoms with Crippen molar-refractivity contribution in [2.45, 2.75) is 44.4 Å². The molecule has 1 amide bonds. The number of rotatable bonds is 5. The summed E-state index contributed by atoms with van der Waals surface area (Å²) < 4.78 is 57.9. The number of nitrogens with one attached hydrogen (secondary N) is 2. The van der Waals surface area contributed by atoms with E-state index < -0.39 is 45.8 Å². The lowest BCUT2D eigenvalue weighted by molar-refractivity contribution is -0.113. The standard InChI is InChI=1S/C29H29BBrClFN3O5S/c1-27(2)28(3,4)41-30(40-27)20-10-6-8-18(14-20)29(19-9-7-11-21(31)15-19)17-25(36(5)42(38,39)35-29)26(37)34-22-12-13-24(33)23(32)16-22/h6-17,35H,1-5H3,(H,34,37). The molecule has 1 atom stereocenters. The maximum Gasteiger partial charge on any atom is 0.494 e. The average molecular weight is 677 g/mol. The lowest BCUT2D eigenvalue weighted by atomic mass is 9.74. The van der Waals surface area contributed by atoms with E-state index in [-0.39, 0.29) is 16.4 Å². The molecule has 0 saturated carbocycles.